The van der Waals surface area contributed by atoms with Crippen LogP contribution < -0.4 is 10.6 Å². The molecule has 2 rings (SSSR count). The summed E-state index contributed by atoms with van der Waals surface area (Å²) in [6, 6.07) is 0.386. The van der Waals surface area contributed by atoms with E-state index in [1.807, 2.05) is 6.92 Å². The molecule has 1 saturated heterocycles. The first kappa shape index (κ1) is 25.1. The van der Waals surface area contributed by atoms with Crippen molar-refractivity contribution in [3.8, 4) is 0 Å². The molecule has 4 atom stereocenters. The van der Waals surface area contributed by atoms with Crippen LogP contribution in [0.5, 0.6) is 0 Å². The van der Waals surface area contributed by atoms with Crippen LogP contribution in [0.1, 0.15) is 46.5 Å². The molecule has 0 aromatic carbocycles. The number of guanidine groups is 1. The molecule has 0 aromatic heterocycles. The molecule has 4 unspecified atom stereocenters. The summed E-state index contributed by atoms with van der Waals surface area (Å²) < 4.78 is 17.6. The average molecular weight is 515 g/mol. The second-order valence-electron chi connectivity index (χ2n) is 7.54. The molecule has 0 amide bonds. The maximum absolute atomic E-state index is 12.2. The zero-order chi connectivity index (χ0) is 18.8. The lowest BCUT2D eigenvalue weighted by molar-refractivity contribution is 0.0323. The first-order valence-corrected chi connectivity index (χ1v) is 11.7. The first-order chi connectivity index (χ1) is 12.6. The highest BCUT2D eigenvalue weighted by atomic mass is 127. The van der Waals surface area contributed by atoms with E-state index in [1.54, 1.807) is 0 Å². The Morgan fingerprint density at radius 3 is 2.70 bits per heavy atom. The molecule has 1 aliphatic carbocycles. The van der Waals surface area contributed by atoms with Gasteiger partial charge in [0.1, 0.15) is 0 Å². The number of morpholine rings is 1. The van der Waals surface area contributed by atoms with Crippen molar-refractivity contribution in [1.29, 1.82) is 0 Å². The van der Waals surface area contributed by atoms with Gasteiger partial charge in [0.15, 0.2) is 5.96 Å². The van der Waals surface area contributed by atoms with Crippen LogP contribution in [0, 0.1) is 5.92 Å². The third-order valence-electron chi connectivity index (χ3n) is 5.20. The monoisotopic (exact) mass is 514 g/mol. The molecule has 8 heteroatoms. The Hall–Kier alpha value is 0.0700. The molecular formula is C19H39IN4O2S. The minimum atomic E-state index is -0.684. The number of halogens is 1. The molecule has 6 nitrogen and oxygen atoms in total. The summed E-state index contributed by atoms with van der Waals surface area (Å²) in [5, 5.41) is 7.31. The van der Waals surface area contributed by atoms with Crippen LogP contribution >= 0.6 is 24.0 Å². The molecule has 1 saturated carbocycles. The Labute approximate surface area is 185 Å². The van der Waals surface area contributed by atoms with Gasteiger partial charge in [0.2, 0.25) is 0 Å². The van der Waals surface area contributed by atoms with Crippen molar-refractivity contribution in [2.24, 2.45) is 10.9 Å². The molecule has 0 aromatic rings. The highest BCUT2D eigenvalue weighted by Gasteiger charge is 2.26. The fourth-order valence-corrected chi connectivity index (χ4v) is 5.14. The van der Waals surface area contributed by atoms with Crippen LogP contribution in [0.3, 0.4) is 0 Å². The van der Waals surface area contributed by atoms with E-state index >= 15 is 0 Å². The fraction of sp³-hybridized carbons (Fsp3) is 0.947. The first-order valence-electron chi connectivity index (χ1n) is 10.3. The van der Waals surface area contributed by atoms with Gasteiger partial charge in [0.05, 0.1) is 13.2 Å². The Balaban J connectivity index is 0.00000364. The Kier molecular flexibility index (Phi) is 13.1. The second kappa shape index (κ2) is 14.1. The van der Waals surface area contributed by atoms with Crippen LogP contribution in [-0.2, 0) is 15.5 Å². The topological polar surface area (TPSA) is 66.0 Å². The average Bonchev–Trinajstić information content (AvgIpc) is 2.66. The summed E-state index contributed by atoms with van der Waals surface area (Å²) in [5.74, 6) is 2.20. The SMILES string of the molecule is CCNC(=NCC(C)CN1CCOCC1)NC1CCCC(S(=O)CC)C1.I. The van der Waals surface area contributed by atoms with Gasteiger partial charge in [0, 0.05) is 60.6 Å². The van der Waals surface area contributed by atoms with Gasteiger partial charge < -0.3 is 15.4 Å². The van der Waals surface area contributed by atoms with Crippen molar-refractivity contribution in [1.82, 2.24) is 15.5 Å². The van der Waals surface area contributed by atoms with E-state index in [0.29, 0.717) is 17.2 Å². The lowest BCUT2D eigenvalue weighted by Crippen LogP contribution is -2.47. The van der Waals surface area contributed by atoms with Crippen LogP contribution in [0.4, 0.5) is 0 Å². The highest BCUT2D eigenvalue weighted by molar-refractivity contribution is 14.0. The van der Waals surface area contributed by atoms with E-state index in [0.717, 1.165) is 83.3 Å². The normalized spacial score (nSPS) is 26.7. The molecule has 27 heavy (non-hydrogen) atoms. The third-order valence-corrected chi connectivity index (χ3v) is 6.94. The smallest absolute Gasteiger partial charge is 0.191 e. The lowest BCUT2D eigenvalue weighted by Gasteiger charge is -2.30. The fourth-order valence-electron chi connectivity index (χ4n) is 3.79. The Bertz CT molecular complexity index is 461. The summed E-state index contributed by atoms with van der Waals surface area (Å²) in [6.07, 6.45) is 4.39. The van der Waals surface area contributed by atoms with Crippen LogP contribution in [0.15, 0.2) is 4.99 Å². The molecule has 160 valence electrons. The van der Waals surface area contributed by atoms with E-state index in [-0.39, 0.29) is 24.0 Å². The molecule has 0 spiro atoms. The number of hydrogen-bond donors (Lipinski definition) is 2. The van der Waals surface area contributed by atoms with E-state index in [2.05, 4.69) is 29.4 Å². The highest BCUT2D eigenvalue weighted by Crippen LogP contribution is 2.23. The molecule has 1 aliphatic heterocycles. The van der Waals surface area contributed by atoms with Crippen molar-refractivity contribution in [3.63, 3.8) is 0 Å². The van der Waals surface area contributed by atoms with Gasteiger partial charge in [-0.1, -0.05) is 20.3 Å². The zero-order valence-electron chi connectivity index (χ0n) is 17.2. The minimum Gasteiger partial charge on any atom is -0.379 e. The van der Waals surface area contributed by atoms with E-state index in [4.69, 9.17) is 9.73 Å². The third kappa shape index (κ3) is 9.41. The van der Waals surface area contributed by atoms with Crippen LogP contribution in [-0.4, -0.2) is 78.1 Å². The van der Waals surface area contributed by atoms with Gasteiger partial charge in [-0.25, -0.2) is 0 Å². The van der Waals surface area contributed by atoms with E-state index < -0.39 is 10.8 Å². The van der Waals surface area contributed by atoms with E-state index in [1.165, 1.54) is 0 Å². The van der Waals surface area contributed by atoms with E-state index in [9.17, 15) is 4.21 Å². The van der Waals surface area contributed by atoms with Crippen molar-refractivity contribution in [2.75, 3.05) is 51.7 Å². The maximum Gasteiger partial charge on any atom is 0.191 e. The standard InChI is InChI=1S/C19H38N4O2S.HI/c1-4-20-19(21-14-16(3)15-23-9-11-25-12-10-23)22-17-7-6-8-18(13-17)26(24)5-2;/h16-18H,4-15H2,1-3H3,(H2,20,21,22);1H. The molecule has 0 radical (unpaired) electrons. The molecule has 2 aliphatic rings. The van der Waals surface area contributed by atoms with Crippen molar-refractivity contribution >= 4 is 40.7 Å². The van der Waals surface area contributed by atoms with Crippen molar-refractivity contribution < 1.29 is 8.95 Å². The van der Waals surface area contributed by atoms with Crippen molar-refractivity contribution in [2.45, 2.75) is 57.7 Å². The summed E-state index contributed by atoms with van der Waals surface area (Å²) in [6.45, 7) is 12.9. The molecule has 2 fully saturated rings. The Morgan fingerprint density at radius 2 is 2.04 bits per heavy atom. The zero-order valence-corrected chi connectivity index (χ0v) is 20.4. The van der Waals surface area contributed by atoms with Gasteiger partial charge in [0.25, 0.3) is 0 Å². The lowest BCUT2D eigenvalue weighted by atomic mass is 9.95. The Morgan fingerprint density at radius 1 is 1.30 bits per heavy atom. The largest absolute Gasteiger partial charge is 0.379 e. The predicted molar refractivity (Wildman–Crippen MR) is 126 cm³/mol. The number of nitrogens with zero attached hydrogens (tertiary/aromatic N) is 2. The van der Waals surface area contributed by atoms with Gasteiger partial charge in [-0.3, -0.25) is 14.1 Å². The van der Waals surface area contributed by atoms with Gasteiger partial charge in [-0.05, 0) is 32.1 Å². The van der Waals surface area contributed by atoms with Gasteiger partial charge in [-0.2, -0.15) is 0 Å². The van der Waals surface area contributed by atoms with Gasteiger partial charge in [-0.15, -0.1) is 24.0 Å². The molecule has 1 heterocycles. The number of ether oxygens (including phenoxy) is 1. The number of aliphatic imine (C=N–C) groups is 1. The molecular weight excluding hydrogens is 475 g/mol. The molecule has 2 N–H and O–H groups in total. The van der Waals surface area contributed by atoms with Crippen LogP contribution in [0.25, 0.3) is 0 Å². The molecule has 0 bridgehead atoms. The summed E-state index contributed by atoms with van der Waals surface area (Å²) in [5.41, 5.74) is 0. The second-order valence-corrected chi connectivity index (χ2v) is 9.54. The van der Waals surface area contributed by atoms with Gasteiger partial charge >= 0.3 is 0 Å². The minimum absolute atomic E-state index is 0. The van der Waals surface area contributed by atoms with Crippen LogP contribution in [0.2, 0.25) is 0 Å². The predicted octanol–water partition coefficient (Wildman–Crippen LogP) is 2.21. The maximum atomic E-state index is 12.2. The number of rotatable bonds is 8. The number of nitrogens with one attached hydrogen (secondary N) is 2. The summed E-state index contributed by atoms with van der Waals surface area (Å²) in [4.78, 5) is 7.29. The number of hydrogen-bond acceptors (Lipinski definition) is 4. The summed E-state index contributed by atoms with van der Waals surface area (Å²) >= 11 is 0. The quantitative estimate of drug-likeness (QED) is 0.296. The summed E-state index contributed by atoms with van der Waals surface area (Å²) in [7, 11) is -0.684. The van der Waals surface area contributed by atoms with Crippen molar-refractivity contribution in [3.05, 3.63) is 0 Å².